The number of aromatic nitrogens is 1. The fourth-order valence-corrected chi connectivity index (χ4v) is 1.36. The van der Waals surface area contributed by atoms with Crippen LogP contribution in [-0.2, 0) is 0 Å². The van der Waals surface area contributed by atoms with Crippen molar-refractivity contribution in [2.75, 3.05) is 11.9 Å². The Balaban J connectivity index is 2.90. The van der Waals surface area contributed by atoms with Gasteiger partial charge in [-0.25, -0.2) is 18.6 Å². The second-order valence-corrected chi connectivity index (χ2v) is 4.41. The van der Waals surface area contributed by atoms with Gasteiger partial charge in [-0.05, 0) is 18.1 Å². The van der Waals surface area contributed by atoms with Crippen molar-refractivity contribution in [2.45, 2.75) is 32.3 Å². The molecule has 0 amide bonds. The van der Waals surface area contributed by atoms with Gasteiger partial charge in [0.15, 0.2) is 0 Å². The molecule has 5 nitrogen and oxygen atoms in total. The van der Waals surface area contributed by atoms with E-state index < -0.39 is 25.0 Å². The topological polar surface area (TPSA) is 82.5 Å². The molecule has 0 spiro atoms. The summed E-state index contributed by atoms with van der Waals surface area (Å²) in [7, 11) is 0. The van der Waals surface area contributed by atoms with Crippen LogP contribution in [0.5, 0.6) is 0 Å². The Morgan fingerprint density at radius 3 is 2.53 bits per heavy atom. The Morgan fingerprint density at radius 2 is 2.05 bits per heavy atom. The first kappa shape index (κ1) is 15.3. The molecule has 1 aromatic heterocycles. The number of nitrogens with zero attached hydrogens (tertiary/aromatic N) is 1. The molecule has 0 aliphatic carbocycles. The number of pyridine rings is 1. The SMILES string of the molecule is CC(C)c1cc(C(=O)O)cc(NCC(O)C(F)F)n1. The summed E-state index contributed by atoms with van der Waals surface area (Å²) in [6.45, 7) is 3.28. The maximum atomic E-state index is 12.1. The lowest BCUT2D eigenvalue weighted by Gasteiger charge is -2.13. The molecule has 0 aromatic carbocycles. The van der Waals surface area contributed by atoms with Crippen LogP contribution in [-0.4, -0.2) is 40.2 Å². The van der Waals surface area contributed by atoms with E-state index in [1.54, 1.807) is 0 Å². The number of anilines is 1. The minimum Gasteiger partial charge on any atom is -0.478 e. The summed E-state index contributed by atoms with van der Waals surface area (Å²) in [5.74, 6) is -0.968. The van der Waals surface area contributed by atoms with Crippen LogP contribution < -0.4 is 5.32 Å². The molecular formula is C12H16F2N2O3. The van der Waals surface area contributed by atoms with Crippen LogP contribution in [0, 0.1) is 0 Å². The number of carboxylic acids is 1. The van der Waals surface area contributed by atoms with Gasteiger partial charge in [0.2, 0.25) is 0 Å². The van der Waals surface area contributed by atoms with Gasteiger partial charge in [-0.3, -0.25) is 0 Å². The molecule has 0 aliphatic heterocycles. The van der Waals surface area contributed by atoms with Crippen molar-refractivity contribution < 1.29 is 23.8 Å². The summed E-state index contributed by atoms with van der Waals surface area (Å²) in [6, 6.07) is 2.67. The van der Waals surface area contributed by atoms with Crippen molar-refractivity contribution in [3.63, 3.8) is 0 Å². The number of hydrogen-bond acceptors (Lipinski definition) is 4. The highest BCUT2D eigenvalue weighted by Gasteiger charge is 2.17. The van der Waals surface area contributed by atoms with E-state index in [1.807, 2.05) is 13.8 Å². The monoisotopic (exact) mass is 274 g/mol. The quantitative estimate of drug-likeness (QED) is 0.738. The number of nitrogens with one attached hydrogen (secondary N) is 1. The first-order chi connectivity index (χ1) is 8.81. The highest BCUT2D eigenvalue weighted by Crippen LogP contribution is 2.18. The zero-order chi connectivity index (χ0) is 14.6. The third-order valence-electron chi connectivity index (χ3n) is 2.47. The molecule has 1 atom stereocenters. The predicted octanol–water partition coefficient (Wildman–Crippen LogP) is 1.94. The van der Waals surface area contributed by atoms with Gasteiger partial charge in [-0.2, -0.15) is 0 Å². The third-order valence-corrected chi connectivity index (χ3v) is 2.47. The number of hydrogen-bond donors (Lipinski definition) is 3. The van der Waals surface area contributed by atoms with Gasteiger partial charge in [0, 0.05) is 12.2 Å². The van der Waals surface area contributed by atoms with E-state index in [0.717, 1.165) is 0 Å². The molecule has 106 valence electrons. The molecule has 1 aromatic rings. The van der Waals surface area contributed by atoms with Gasteiger partial charge in [0.1, 0.15) is 11.9 Å². The highest BCUT2D eigenvalue weighted by molar-refractivity contribution is 5.88. The largest absolute Gasteiger partial charge is 0.478 e. The van der Waals surface area contributed by atoms with Gasteiger partial charge >= 0.3 is 5.97 Å². The molecule has 0 fully saturated rings. The first-order valence-corrected chi connectivity index (χ1v) is 5.76. The summed E-state index contributed by atoms with van der Waals surface area (Å²) >= 11 is 0. The second kappa shape index (κ2) is 6.42. The fraction of sp³-hybridized carbons (Fsp3) is 0.500. The zero-order valence-electron chi connectivity index (χ0n) is 10.6. The lowest BCUT2D eigenvalue weighted by atomic mass is 10.1. The lowest BCUT2D eigenvalue weighted by Crippen LogP contribution is -2.27. The van der Waals surface area contributed by atoms with Crippen molar-refractivity contribution in [3.05, 3.63) is 23.4 Å². The Bertz CT molecular complexity index is 453. The van der Waals surface area contributed by atoms with E-state index in [4.69, 9.17) is 10.2 Å². The van der Waals surface area contributed by atoms with E-state index in [1.165, 1.54) is 12.1 Å². The highest BCUT2D eigenvalue weighted by atomic mass is 19.3. The minimum atomic E-state index is -2.86. The molecule has 0 bridgehead atoms. The fourth-order valence-electron chi connectivity index (χ4n) is 1.36. The Kier molecular flexibility index (Phi) is 5.17. The van der Waals surface area contributed by atoms with Crippen LogP contribution in [0.15, 0.2) is 12.1 Å². The first-order valence-electron chi connectivity index (χ1n) is 5.76. The standard InChI is InChI=1S/C12H16F2N2O3/c1-6(2)8-3-7(12(18)19)4-10(16-8)15-5-9(17)11(13)14/h3-4,6,9,11,17H,5H2,1-2H3,(H,15,16)(H,18,19). The van der Waals surface area contributed by atoms with E-state index in [9.17, 15) is 13.6 Å². The summed E-state index contributed by atoms with van der Waals surface area (Å²) in [6.07, 6.45) is -4.68. The molecule has 1 rings (SSSR count). The summed E-state index contributed by atoms with van der Waals surface area (Å²) in [4.78, 5) is 15.1. The molecule has 3 N–H and O–H groups in total. The summed E-state index contributed by atoms with van der Waals surface area (Å²) in [5, 5.41) is 20.5. The normalized spacial score (nSPS) is 12.8. The average Bonchev–Trinajstić information content (AvgIpc) is 2.35. The summed E-state index contributed by atoms with van der Waals surface area (Å²) in [5.41, 5.74) is 0.557. The number of carboxylic acid groups (broad SMARTS) is 1. The van der Waals surface area contributed by atoms with Crippen molar-refractivity contribution in [3.8, 4) is 0 Å². The Hall–Kier alpha value is -1.76. The van der Waals surface area contributed by atoms with Gasteiger partial charge in [-0.15, -0.1) is 0 Å². The molecule has 0 aliphatic rings. The molecule has 0 radical (unpaired) electrons. The second-order valence-electron chi connectivity index (χ2n) is 4.41. The minimum absolute atomic E-state index is 0.000118. The number of aliphatic hydroxyl groups is 1. The van der Waals surface area contributed by atoms with Gasteiger partial charge in [0.05, 0.1) is 5.56 Å². The summed E-state index contributed by atoms with van der Waals surface area (Å²) < 4.78 is 24.3. The Labute approximate surface area is 109 Å². The molecule has 0 saturated heterocycles. The van der Waals surface area contributed by atoms with Crippen LogP contribution in [0.2, 0.25) is 0 Å². The zero-order valence-corrected chi connectivity index (χ0v) is 10.6. The lowest BCUT2D eigenvalue weighted by molar-refractivity contribution is 0.00380. The number of rotatable bonds is 6. The number of aromatic carboxylic acids is 1. The number of carbonyl (C=O) groups is 1. The molecule has 0 saturated carbocycles. The molecule has 1 heterocycles. The third kappa shape index (κ3) is 4.44. The van der Waals surface area contributed by atoms with E-state index in [-0.39, 0.29) is 17.3 Å². The molecule has 1 unspecified atom stereocenters. The van der Waals surface area contributed by atoms with Gasteiger partial charge < -0.3 is 15.5 Å². The van der Waals surface area contributed by atoms with Crippen LogP contribution in [0.1, 0.15) is 35.8 Å². The van der Waals surface area contributed by atoms with Gasteiger partial charge in [0.25, 0.3) is 6.43 Å². The molecule has 19 heavy (non-hydrogen) atoms. The smallest absolute Gasteiger partial charge is 0.335 e. The number of alkyl halides is 2. The van der Waals surface area contributed by atoms with Crippen LogP contribution >= 0.6 is 0 Å². The van der Waals surface area contributed by atoms with Crippen LogP contribution in [0.25, 0.3) is 0 Å². The molecule has 7 heteroatoms. The van der Waals surface area contributed by atoms with Crippen molar-refractivity contribution in [2.24, 2.45) is 0 Å². The van der Waals surface area contributed by atoms with E-state index in [2.05, 4.69) is 10.3 Å². The van der Waals surface area contributed by atoms with E-state index >= 15 is 0 Å². The van der Waals surface area contributed by atoms with Gasteiger partial charge in [-0.1, -0.05) is 13.8 Å². The van der Waals surface area contributed by atoms with Crippen molar-refractivity contribution >= 4 is 11.8 Å². The van der Waals surface area contributed by atoms with Crippen molar-refractivity contribution in [1.29, 1.82) is 0 Å². The van der Waals surface area contributed by atoms with E-state index in [0.29, 0.717) is 5.69 Å². The maximum absolute atomic E-state index is 12.1. The number of halogens is 2. The number of aliphatic hydroxyl groups excluding tert-OH is 1. The predicted molar refractivity (Wildman–Crippen MR) is 65.8 cm³/mol. The maximum Gasteiger partial charge on any atom is 0.335 e. The van der Waals surface area contributed by atoms with Crippen molar-refractivity contribution in [1.82, 2.24) is 4.98 Å². The average molecular weight is 274 g/mol. The molecular weight excluding hydrogens is 258 g/mol. The van der Waals surface area contributed by atoms with Crippen LogP contribution in [0.4, 0.5) is 14.6 Å². The van der Waals surface area contributed by atoms with Crippen LogP contribution in [0.3, 0.4) is 0 Å². The Morgan fingerprint density at radius 1 is 1.42 bits per heavy atom.